The number of anilines is 1. The average Bonchev–Trinajstić information content (AvgIpc) is 3.17. The van der Waals surface area contributed by atoms with Crippen molar-refractivity contribution < 1.29 is 9.59 Å². The van der Waals surface area contributed by atoms with E-state index in [0.717, 1.165) is 16.9 Å². The maximum absolute atomic E-state index is 12.9. The van der Waals surface area contributed by atoms with Crippen LogP contribution in [0.25, 0.3) is 5.69 Å². The molecule has 168 valence electrons. The van der Waals surface area contributed by atoms with Gasteiger partial charge in [-0.1, -0.05) is 50.1 Å². The van der Waals surface area contributed by atoms with Crippen molar-refractivity contribution in [2.24, 2.45) is 0 Å². The van der Waals surface area contributed by atoms with Crippen molar-refractivity contribution in [3.63, 3.8) is 0 Å². The molecule has 6 nitrogen and oxygen atoms in total. The summed E-state index contributed by atoms with van der Waals surface area (Å²) in [6.07, 6.45) is 0. The van der Waals surface area contributed by atoms with Crippen LogP contribution in [0.15, 0.2) is 54.6 Å². The molecule has 0 aliphatic carbocycles. The summed E-state index contributed by atoms with van der Waals surface area (Å²) >= 11 is 6.03. The second-order valence-electron chi connectivity index (χ2n) is 8.79. The predicted octanol–water partition coefficient (Wildman–Crippen LogP) is 5.23. The minimum Gasteiger partial charge on any atom is -0.330 e. The third-order valence-electron chi connectivity index (χ3n) is 5.12. The SMILES string of the molecule is CCN(CC(=O)Nc1cc(C(C)(C)C)nn1-c1ccc(Cl)cc1)C(=O)c1ccc(C)cc1. The number of aromatic nitrogens is 2. The van der Waals surface area contributed by atoms with Gasteiger partial charge in [0.05, 0.1) is 11.4 Å². The first-order chi connectivity index (χ1) is 15.1. The van der Waals surface area contributed by atoms with E-state index in [4.69, 9.17) is 16.7 Å². The number of halogens is 1. The highest BCUT2D eigenvalue weighted by atomic mass is 35.5. The fourth-order valence-corrected chi connectivity index (χ4v) is 3.30. The Labute approximate surface area is 194 Å². The molecule has 2 aromatic carbocycles. The van der Waals surface area contributed by atoms with Gasteiger partial charge in [-0.15, -0.1) is 0 Å². The van der Waals surface area contributed by atoms with Crippen molar-refractivity contribution in [1.29, 1.82) is 0 Å². The topological polar surface area (TPSA) is 67.2 Å². The Morgan fingerprint density at radius 3 is 2.25 bits per heavy atom. The van der Waals surface area contributed by atoms with Crippen molar-refractivity contribution in [3.8, 4) is 5.69 Å². The maximum atomic E-state index is 12.9. The Hall–Kier alpha value is -3.12. The van der Waals surface area contributed by atoms with E-state index in [1.54, 1.807) is 28.9 Å². The minimum absolute atomic E-state index is 0.0557. The van der Waals surface area contributed by atoms with Crippen LogP contribution in [-0.2, 0) is 10.2 Å². The van der Waals surface area contributed by atoms with Crippen LogP contribution in [0.4, 0.5) is 5.82 Å². The van der Waals surface area contributed by atoms with Crippen LogP contribution in [0.5, 0.6) is 0 Å². The summed E-state index contributed by atoms with van der Waals surface area (Å²) in [6.45, 7) is 10.4. The fourth-order valence-electron chi connectivity index (χ4n) is 3.18. The van der Waals surface area contributed by atoms with E-state index < -0.39 is 0 Å². The van der Waals surface area contributed by atoms with Gasteiger partial charge >= 0.3 is 0 Å². The lowest BCUT2D eigenvalue weighted by atomic mass is 9.92. The molecule has 0 unspecified atom stereocenters. The fraction of sp³-hybridized carbons (Fsp3) is 0.320. The van der Waals surface area contributed by atoms with E-state index in [9.17, 15) is 9.59 Å². The molecule has 1 heterocycles. The number of hydrogen-bond donors (Lipinski definition) is 1. The normalized spacial score (nSPS) is 11.3. The van der Waals surface area contributed by atoms with Crippen LogP contribution in [0, 0.1) is 6.92 Å². The Bertz CT molecular complexity index is 1100. The molecule has 1 N–H and O–H groups in total. The Morgan fingerprint density at radius 2 is 1.69 bits per heavy atom. The van der Waals surface area contributed by atoms with Crippen LogP contribution >= 0.6 is 11.6 Å². The molecule has 1 aromatic heterocycles. The van der Waals surface area contributed by atoms with Crippen LogP contribution in [-0.4, -0.2) is 39.6 Å². The van der Waals surface area contributed by atoms with Crippen molar-refractivity contribution in [2.75, 3.05) is 18.4 Å². The molecule has 0 aliphatic heterocycles. The molecule has 0 atom stereocenters. The highest BCUT2D eigenvalue weighted by Crippen LogP contribution is 2.27. The van der Waals surface area contributed by atoms with Crippen molar-refractivity contribution in [1.82, 2.24) is 14.7 Å². The minimum atomic E-state index is -0.289. The summed E-state index contributed by atoms with van der Waals surface area (Å²) in [5, 5.41) is 8.26. The van der Waals surface area contributed by atoms with Gasteiger partial charge in [0.1, 0.15) is 12.4 Å². The number of carbonyl (C=O) groups excluding carboxylic acids is 2. The van der Waals surface area contributed by atoms with E-state index in [1.165, 1.54) is 4.90 Å². The highest BCUT2D eigenvalue weighted by molar-refractivity contribution is 6.30. The smallest absolute Gasteiger partial charge is 0.254 e. The first kappa shape index (κ1) is 23.5. The molecule has 0 radical (unpaired) electrons. The molecule has 0 bridgehead atoms. The summed E-state index contributed by atoms with van der Waals surface area (Å²) < 4.78 is 1.69. The van der Waals surface area contributed by atoms with E-state index in [1.807, 2.05) is 44.2 Å². The van der Waals surface area contributed by atoms with Gasteiger partial charge in [-0.25, -0.2) is 4.68 Å². The lowest BCUT2D eigenvalue weighted by Gasteiger charge is -2.20. The number of hydrogen-bond acceptors (Lipinski definition) is 3. The van der Waals surface area contributed by atoms with E-state index >= 15 is 0 Å². The predicted molar refractivity (Wildman–Crippen MR) is 129 cm³/mol. The quantitative estimate of drug-likeness (QED) is 0.556. The number of aryl methyl sites for hydroxylation is 1. The Kier molecular flexibility index (Phi) is 7.04. The first-order valence-electron chi connectivity index (χ1n) is 10.6. The molecule has 3 rings (SSSR count). The number of nitrogens with zero attached hydrogens (tertiary/aromatic N) is 3. The van der Waals surface area contributed by atoms with Gasteiger partial charge in [-0.05, 0) is 50.2 Å². The number of likely N-dealkylation sites (N-methyl/N-ethyl adjacent to an activating group) is 1. The molecule has 0 spiro atoms. The van der Waals surface area contributed by atoms with Crippen molar-refractivity contribution >= 4 is 29.2 Å². The monoisotopic (exact) mass is 452 g/mol. The molecule has 0 aliphatic rings. The Balaban J connectivity index is 1.82. The number of carbonyl (C=O) groups is 2. The summed E-state index contributed by atoms with van der Waals surface area (Å²) in [5.41, 5.74) is 3.06. The number of nitrogens with one attached hydrogen (secondary N) is 1. The van der Waals surface area contributed by atoms with E-state index in [-0.39, 0.29) is 23.8 Å². The molecular weight excluding hydrogens is 424 g/mol. The number of rotatable bonds is 6. The van der Waals surface area contributed by atoms with Gasteiger partial charge in [-0.2, -0.15) is 5.10 Å². The second kappa shape index (κ2) is 9.57. The third kappa shape index (κ3) is 5.56. The summed E-state index contributed by atoms with van der Waals surface area (Å²) in [5.74, 6) is 0.0770. The molecule has 2 amide bonds. The van der Waals surface area contributed by atoms with Gasteiger partial charge in [0.2, 0.25) is 5.91 Å². The second-order valence-corrected chi connectivity index (χ2v) is 9.22. The van der Waals surface area contributed by atoms with Crippen LogP contribution in [0.2, 0.25) is 5.02 Å². The molecule has 0 saturated carbocycles. The lowest BCUT2D eigenvalue weighted by Crippen LogP contribution is -2.38. The van der Waals surface area contributed by atoms with Crippen LogP contribution in [0.1, 0.15) is 49.3 Å². The Morgan fingerprint density at radius 1 is 1.06 bits per heavy atom. The zero-order chi connectivity index (χ0) is 23.5. The van der Waals surface area contributed by atoms with Crippen molar-refractivity contribution in [2.45, 2.75) is 40.0 Å². The summed E-state index contributed by atoms with van der Waals surface area (Å²) in [6, 6.07) is 16.4. The number of amides is 2. The molecule has 0 fully saturated rings. The lowest BCUT2D eigenvalue weighted by molar-refractivity contribution is -0.116. The zero-order valence-corrected chi connectivity index (χ0v) is 19.9. The molecule has 32 heavy (non-hydrogen) atoms. The van der Waals surface area contributed by atoms with Gasteiger partial charge in [0, 0.05) is 28.6 Å². The highest BCUT2D eigenvalue weighted by Gasteiger charge is 2.23. The first-order valence-corrected chi connectivity index (χ1v) is 11.0. The maximum Gasteiger partial charge on any atom is 0.254 e. The van der Waals surface area contributed by atoms with Gasteiger partial charge in [0.25, 0.3) is 5.91 Å². The average molecular weight is 453 g/mol. The van der Waals surface area contributed by atoms with Crippen molar-refractivity contribution in [3.05, 3.63) is 76.4 Å². The molecule has 3 aromatic rings. The standard InChI is InChI=1S/C25H29ClN4O2/c1-6-29(24(32)18-9-7-17(2)8-10-18)16-23(31)27-22-15-21(25(3,4)5)28-30(22)20-13-11-19(26)12-14-20/h7-15H,6,16H2,1-5H3,(H,27,31). The van der Waals surface area contributed by atoms with E-state index in [2.05, 4.69) is 26.1 Å². The number of benzene rings is 2. The van der Waals surface area contributed by atoms with Crippen LogP contribution in [0.3, 0.4) is 0 Å². The third-order valence-corrected chi connectivity index (χ3v) is 5.37. The van der Waals surface area contributed by atoms with Crippen LogP contribution < -0.4 is 5.32 Å². The molecule has 0 saturated heterocycles. The summed E-state index contributed by atoms with van der Waals surface area (Å²) in [7, 11) is 0. The van der Waals surface area contributed by atoms with E-state index in [0.29, 0.717) is 22.9 Å². The van der Waals surface area contributed by atoms with Gasteiger partial charge in [-0.3, -0.25) is 9.59 Å². The summed E-state index contributed by atoms with van der Waals surface area (Å²) in [4.78, 5) is 27.3. The van der Waals surface area contributed by atoms with Gasteiger partial charge < -0.3 is 10.2 Å². The largest absolute Gasteiger partial charge is 0.330 e. The zero-order valence-electron chi connectivity index (χ0n) is 19.1. The molecule has 7 heteroatoms. The van der Waals surface area contributed by atoms with Gasteiger partial charge in [0.15, 0.2) is 0 Å². The molecular formula is C25H29ClN4O2.